The Morgan fingerprint density at radius 2 is 1.86 bits per heavy atom. The zero-order chi connectivity index (χ0) is 15.3. The summed E-state index contributed by atoms with van der Waals surface area (Å²) in [6.45, 7) is 0. The quantitative estimate of drug-likeness (QED) is 0.706. The van der Waals surface area contributed by atoms with Crippen LogP contribution in [0.15, 0.2) is 30.3 Å². The molecule has 1 aliphatic carbocycles. The summed E-state index contributed by atoms with van der Waals surface area (Å²) in [5, 5.41) is 12.1. The third-order valence-corrected chi connectivity index (χ3v) is 4.84. The first kappa shape index (κ1) is 15.9. The van der Waals surface area contributed by atoms with Crippen LogP contribution in [0.25, 0.3) is 0 Å². The van der Waals surface area contributed by atoms with Crippen molar-refractivity contribution in [1.29, 1.82) is 0 Å². The molecule has 0 heterocycles. The van der Waals surface area contributed by atoms with Crippen molar-refractivity contribution >= 4 is 24.5 Å². The number of hydrogen-bond donors (Lipinski definition) is 3. The molecule has 0 spiro atoms. The fourth-order valence-electron chi connectivity index (χ4n) is 2.87. The smallest absolute Gasteiger partial charge is 0.326 e. The molecule has 1 saturated carbocycles. The van der Waals surface area contributed by atoms with Crippen molar-refractivity contribution in [3.63, 3.8) is 0 Å². The lowest BCUT2D eigenvalue weighted by molar-refractivity contribution is -0.143. The summed E-state index contributed by atoms with van der Waals surface area (Å²) in [4.78, 5) is 23.9. The summed E-state index contributed by atoms with van der Waals surface area (Å²) in [7, 11) is 0. The first-order valence-electron chi connectivity index (χ1n) is 7.26. The van der Waals surface area contributed by atoms with E-state index in [1.807, 2.05) is 30.3 Å². The molecule has 1 amide bonds. The van der Waals surface area contributed by atoms with Gasteiger partial charge < -0.3 is 10.4 Å². The zero-order valence-electron chi connectivity index (χ0n) is 11.9. The predicted octanol–water partition coefficient (Wildman–Crippen LogP) is 2.29. The predicted molar refractivity (Wildman–Crippen MR) is 84.5 cm³/mol. The maximum atomic E-state index is 12.5. The number of aliphatic carboxylic acids is 1. The molecule has 2 rings (SSSR count). The molecule has 1 fully saturated rings. The maximum absolute atomic E-state index is 12.5. The van der Waals surface area contributed by atoms with Gasteiger partial charge in [0.15, 0.2) is 0 Å². The highest BCUT2D eigenvalue weighted by molar-refractivity contribution is 7.80. The standard InChI is InChI=1S/C16H21NO3S/c18-14(19)13(10-12-6-2-1-3-7-12)17-15(20)16(11-21)8-4-5-9-16/h1-3,6-7,13,21H,4-5,8-11H2,(H,17,20)(H,18,19)/t13-/m0/s1. The zero-order valence-corrected chi connectivity index (χ0v) is 12.8. The van der Waals surface area contributed by atoms with E-state index in [0.717, 1.165) is 31.2 Å². The number of nitrogens with one attached hydrogen (secondary N) is 1. The van der Waals surface area contributed by atoms with Crippen LogP contribution in [0.1, 0.15) is 31.2 Å². The van der Waals surface area contributed by atoms with Gasteiger partial charge in [-0.15, -0.1) is 0 Å². The number of rotatable bonds is 6. The number of carboxylic acids is 1. The van der Waals surface area contributed by atoms with E-state index in [2.05, 4.69) is 17.9 Å². The second-order valence-corrected chi connectivity index (χ2v) is 6.02. The summed E-state index contributed by atoms with van der Waals surface area (Å²) < 4.78 is 0. The molecule has 1 aliphatic rings. The molecular formula is C16H21NO3S. The molecular weight excluding hydrogens is 286 g/mol. The van der Waals surface area contributed by atoms with Crippen LogP contribution in [0.5, 0.6) is 0 Å². The second-order valence-electron chi connectivity index (χ2n) is 5.70. The average Bonchev–Trinajstić information content (AvgIpc) is 2.97. The highest BCUT2D eigenvalue weighted by Crippen LogP contribution is 2.39. The van der Waals surface area contributed by atoms with Gasteiger partial charge in [-0.05, 0) is 18.4 Å². The van der Waals surface area contributed by atoms with Crippen molar-refractivity contribution < 1.29 is 14.7 Å². The van der Waals surface area contributed by atoms with Gasteiger partial charge in [0.1, 0.15) is 6.04 Å². The number of carboxylic acid groups (broad SMARTS) is 1. The maximum Gasteiger partial charge on any atom is 0.326 e. The lowest BCUT2D eigenvalue weighted by atomic mass is 9.87. The van der Waals surface area contributed by atoms with E-state index >= 15 is 0 Å². The average molecular weight is 307 g/mol. The second kappa shape index (κ2) is 6.98. The van der Waals surface area contributed by atoms with Crippen molar-refractivity contribution in [2.45, 2.75) is 38.1 Å². The molecule has 1 aromatic rings. The lowest BCUT2D eigenvalue weighted by Crippen LogP contribution is -2.49. The van der Waals surface area contributed by atoms with E-state index in [4.69, 9.17) is 0 Å². The van der Waals surface area contributed by atoms with Gasteiger partial charge in [-0.2, -0.15) is 12.6 Å². The van der Waals surface area contributed by atoms with Crippen LogP contribution in [-0.4, -0.2) is 28.8 Å². The van der Waals surface area contributed by atoms with Crippen molar-refractivity contribution in [1.82, 2.24) is 5.32 Å². The van der Waals surface area contributed by atoms with Gasteiger partial charge in [0.2, 0.25) is 5.91 Å². The number of thiol groups is 1. The summed E-state index contributed by atoms with van der Waals surface area (Å²) in [5.41, 5.74) is 0.407. The number of benzene rings is 1. The SMILES string of the molecule is O=C(O)[C@H](Cc1ccccc1)NC(=O)C1(CS)CCCC1. The Hall–Kier alpha value is -1.49. The van der Waals surface area contributed by atoms with Crippen LogP contribution in [0, 0.1) is 5.41 Å². The summed E-state index contributed by atoms with van der Waals surface area (Å²) in [5.74, 6) is -0.700. The van der Waals surface area contributed by atoms with Crippen molar-refractivity contribution in [2.75, 3.05) is 5.75 Å². The van der Waals surface area contributed by atoms with Crippen LogP contribution < -0.4 is 5.32 Å². The molecule has 5 heteroatoms. The van der Waals surface area contributed by atoms with Gasteiger partial charge in [0.25, 0.3) is 0 Å². The van der Waals surface area contributed by atoms with Gasteiger partial charge in [-0.1, -0.05) is 43.2 Å². The first-order valence-corrected chi connectivity index (χ1v) is 7.89. The lowest BCUT2D eigenvalue weighted by Gasteiger charge is -2.27. The number of amides is 1. The first-order chi connectivity index (χ1) is 10.1. The highest BCUT2D eigenvalue weighted by Gasteiger charge is 2.41. The Morgan fingerprint density at radius 1 is 1.24 bits per heavy atom. The molecule has 0 radical (unpaired) electrons. The largest absolute Gasteiger partial charge is 0.480 e. The molecule has 1 aromatic carbocycles. The summed E-state index contributed by atoms with van der Waals surface area (Å²) in [6, 6.07) is 8.45. The molecule has 114 valence electrons. The molecule has 0 aliphatic heterocycles. The van der Waals surface area contributed by atoms with Gasteiger partial charge >= 0.3 is 5.97 Å². The topological polar surface area (TPSA) is 66.4 Å². The van der Waals surface area contributed by atoms with Crippen molar-refractivity contribution in [3.8, 4) is 0 Å². The molecule has 0 unspecified atom stereocenters. The Morgan fingerprint density at radius 3 is 2.38 bits per heavy atom. The summed E-state index contributed by atoms with van der Waals surface area (Å²) in [6.07, 6.45) is 3.89. The van der Waals surface area contributed by atoms with Gasteiger partial charge in [-0.3, -0.25) is 4.79 Å². The van der Waals surface area contributed by atoms with Crippen LogP contribution in [0.2, 0.25) is 0 Å². The van der Waals surface area contributed by atoms with Crippen LogP contribution in [-0.2, 0) is 16.0 Å². The van der Waals surface area contributed by atoms with Crippen LogP contribution in [0.3, 0.4) is 0 Å². The third kappa shape index (κ3) is 3.79. The number of carbonyl (C=O) groups is 2. The fraction of sp³-hybridized carbons (Fsp3) is 0.500. The minimum Gasteiger partial charge on any atom is -0.480 e. The van der Waals surface area contributed by atoms with E-state index in [-0.39, 0.29) is 5.91 Å². The van der Waals surface area contributed by atoms with E-state index in [9.17, 15) is 14.7 Å². The molecule has 21 heavy (non-hydrogen) atoms. The third-order valence-electron chi connectivity index (χ3n) is 4.23. The number of carbonyl (C=O) groups excluding carboxylic acids is 1. The van der Waals surface area contributed by atoms with Gasteiger partial charge in [0, 0.05) is 12.2 Å². The minimum absolute atomic E-state index is 0.168. The normalized spacial score (nSPS) is 18.1. The van der Waals surface area contributed by atoms with Crippen LogP contribution in [0.4, 0.5) is 0 Å². The molecule has 2 N–H and O–H groups in total. The Kier molecular flexibility index (Phi) is 5.28. The Labute approximate surface area is 130 Å². The molecule has 0 saturated heterocycles. The highest BCUT2D eigenvalue weighted by atomic mass is 32.1. The van der Waals surface area contributed by atoms with Gasteiger partial charge in [-0.25, -0.2) is 4.79 Å². The summed E-state index contributed by atoms with van der Waals surface area (Å²) >= 11 is 4.31. The molecule has 0 bridgehead atoms. The van der Waals surface area contributed by atoms with E-state index in [1.165, 1.54) is 0 Å². The number of hydrogen-bond acceptors (Lipinski definition) is 3. The van der Waals surface area contributed by atoms with E-state index in [0.29, 0.717) is 12.2 Å². The molecule has 0 aromatic heterocycles. The van der Waals surface area contributed by atoms with Crippen molar-refractivity contribution in [2.24, 2.45) is 5.41 Å². The van der Waals surface area contributed by atoms with Crippen molar-refractivity contribution in [3.05, 3.63) is 35.9 Å². The fourth-order valence-corrected chi connectivity index (χ4v) is 3.33. The monoisotopic (exact) mass is 307 g/mol. The molecule has 4 nitrogen and oxygen atoms in total. The van der Waals surface area contributed by atoms with Crippen LogP contribution >= 0.6 is 12.6 Å². The molecule has 1 atom stereocenters. The van der Waals surface area contributed by atoms with E-state index < -0.39 is 17.4 Å². The van der Waals surface area contributed by atoms with E-state index in [1.54, 1.807) is 0 Å². The minimum atomic E-state index is -1.00. The Balaban J connectivity index is 2.06. The Bertz CT molecular complexity index is 498. The van der Waals surface area contributed by atoms with Gasteiger partial charge in [0.05, 0.1) is 5.41 Å².